The second kappa shape index (κ2) is 5.25. The topological polar surface area (TPSA) is 26.3 Å². The molecule has 1 atom stereocenters. The number of hydrogen-bond donors (Lipinski definition) is 0. The van der Waals surface area contributed by atoms with Gasteiger partial charge < -0.3 is 4.74 Å². The van der Waals surface area contributed by atoms with Gasteiger partial charge >= 0.3 is 5.97 Å². The molecule has 0 amide bonds. The highest BCUT2D eigenvalue weighted by atomic mass is 19.2. The summed E-state index contributed by atoms with van der Waals surface area (Å²) in [4.78, 5) is 11.8. The van der Waals surface area contributed by atoms with E-state index in [0.29, 0.717) is 6.42 Å². The quantitative estimate of drug-likeness (QED) is 0.758. The predicted molar refractivity (Wildman–Crippen MR) is 60.6 cm³/mol. The molecule has 1 unspecified atom stereocenters. The van der Waals surface area contributed by atoms with Gasteiger partial charge in [0.1, 0.15) is 0 Å². The number of hydrogen-bond acceptors (Lipinski definition) is 2. The van der Waals surface area contributed by atoms with Gasteiger partial charge in [-0.2, -0.15) is 0 Å². The summed E-state index contributed by atoms with van der Waals surface area (Å²) in [5, 5.41) is 0. The summed E-state index contributed by atoms with van der Waals surface area (Å²) < 4.78 is 31.8. The fourth-order valence-corrected chi connectivity index (χ4v) is 1.67. The first kappa shape index (κ1) is 13.6. The molecular formula is C13H16F2O2. The molecule has 2 nitrogen and oxygen atoms in total. The van der Waals surface area contributed by atoms with E-state index < -0.39 is 23.0 Å². The molecular weight excluding hydrogens is 226 g/mol. The molecule has 4 heteroatoms. The number of carbonyl (C=O) groups excluding carboxylic acids is 1. The predicted octanol–water partition coefficient (Wildman–Crippen LogP) is 3.20. The van der Waals surface area contributed by atoms with Crippen LogP contribution in [0.15, 0.2) is 18.2 Å². The third-order valence-electron chi connectivity index (χ3n) is 2.98. The Morgan fingerprint density at radius 1 is 1.35 bits per heavy atom. The van der Waals surface area contributed by atoms with Crippen LogP contribution in [0.3, 0.4) is 0 Å². The van der Waals surface area contributed by atoms with Gasteiger partial charge in [-0.05, 0) is 26.3 Å². The molecule has 0 bridgehead atoms. The van der Waals surface area contributed by atoms with Crippen molar-refractivity contribution in [2.24, 2.45) is 0 Å². The van der Waals surface area contributed by atoms with Crippen LogP contribution in [0.2, 0.25) is 0 Å². The molecule has 17 heavy (non-hydrogen) atoms. The van der Waals surface area contributed by atoms with Crippen molar-refractivity contribution in [2.75, 3.05) is 6.61 Å². The van der Waals surface area contributed by atoms with Gasteiger partial charge in [0.15, 0.2) is 11.6 Å². The van der Waals surface area contributed by atoms with Crippen molar-refractivity contribution in [3.8, 4) is 0 Å². The lowest BCUT2D eigenvalue weighted by molar-refractivity contribution is -0.149. The van der Waals surface area contributed by atoms with Crippen molar-refractivity contribution in [1.29, 1.82) is 0 Å². The van der Waals surface area contributed by atoms with Gasteiger partial charge in [0, 0.05) is 5.56 Å². The van der Waals surface area contributed by atoms with Crippen LogP contribution < -0.4 is 0 Å². The Kier molecular flexibility index (Phi) is 4.21. The zero-order chi connectivity index (χ0) is 13.1. The normalized spacial score (nSPS) is 14.2. The lowest BCUT2D eigenvalue weighted by Gasteiger charge is -2.26. The van der Waals surface area contributed by atoms with Gasteiger partial charge in [0.05, 0.1) is 12.0 Å². The number of benzene rings is 1. The summed E-state index contributed by atoms with van der Waals surface area (Å²) in [6.07, 6.45) is 0.339. The molecule has 0 fully saturated rings. The van der Waals surface area contributed by atoms with E-state index in [-0.39, 0.29) is 12.2 Å². The van der Waals surface area contributed by atoms with Crippen molar-refractivity contribution in [3.05, 3.63) is 35.4 Å². The smallest absolute Gasteiger partial charge is 0.316 e. The standard InChI is InChI=1S/C13H16F2O2/c1-4-13(3,12(16)17-5-2)9-7-6-8-10(14)11(9)15/h6-8H,4-5H2,1-3H3. The second-order valence-corrected chi connectivity index (χ2v) is 4.01. The number of halogens is 2. The highest BCUT2D eigenvalue weighted by Crippen LogP contribution is 2.31. The highest BCUT2D eigenvalue weighted by molar-refractivity contribution is 5.82. The van der Waals surface area contributed by atoms with Gasteiger partial charge in [-0.15, -0.1) is 0 Å². The minimum absolute atomic E-state index is 0.0402. The summed E-state index contributed by atoms with van der Waals surface area (Å²) in [5.41, 5.74) is -1.11. The molecule has 1 aromatic rings. The van der Waals surface area contributed by atoms with Crippen LogP contribution in [0.4, 0.5) is 8.78 Å². The van der Waals surface area contributed by atoms with Crippen molar-refractivity contribution in [2.45, 2.75) is 32.6 Å². The molecule has 0 aliphatic heterocycles. The van der Waals surface area contributed by atoms with E-state index in [1.165, 1.54) is 12.1 Å². The first-order valence-corrected chi connectivity index (χ1v) is 5.59. The summed E-state index contributed by atoms with van der Waals surface area (Å²) in [5.74, 6) is -2.47. The van der Waals surface area contributed by atoms with Gasteiger partial charge in [0.2, 0.25) is 0 Å². The SMILES string of the molecule is CCOC(=O)C(C)(CC)c1cccc(F)c1F. The van der Waals surface area contributed by atoms with Crippen LogP contribution >= 0.6 is 0 Å². The second-order valence-electron chi connectivity index (χ2n) is 4.01. The van der Waals surface area contributed by atoms with E-state index in [0.717, 1.165) is 6.07 Å². The molecule has 0 heterocycles. The van der Waals surface area contributed by atoms with E-state index in [1.807, 2.05) is 0 Å². The first-order valence-electron chi connectivity index (χ1n) is 5.59. The molecule has 0 saturated heterocycles. The maximum atomic E-state index is 13.7. The fourth-order valence-electron chi connectivity index (χ4n) is 1.67. The van der Waals surface area contributed by atoms with Crippen LogP contribution in [-0.4, -0.2) is 12.6 Å². The maximum Gasteiger partial charge on any atom is 0.316 e. The third kappa shape index (κ3) is 2.46. The largest absolute Gasteiger partial charge is 0.465 e. The van der Waals surface area contributed by atoms with Crippen LogP contribution in [0.1, 0.15) is 32.8 Å². The zero-order valence-corrected chi connectivity index (χ0v) is 10.2. The van der Waals surface area contributed by atoms with Crippen molar-refractivity contribution >= 4 is 5.97 Å². The summed E-state index contributed by atoms with van der Waals surface area (Å²) >= 11 is 0. The molecule has 0 aromatic heterocycles. The zero-order valence-electron chi connectivity index (χ0n) is 10.2. The molecule has 0 saturated carbocycles. The van der Waals surface area contributed by atoms with E-state index in [4.69, 9.17) is 4.74 Å². The maximum absolute atomic E-state index is 13.7. The minimum atomic E-state index is -1.15. The lowest BCUT2D eigenvalue weighted by atomic mass is 9.79. The van der Waals surface area contributed by atoms with E-state index in [9.17, 15) is 13.6 Å². The Morgan fingerprint density at radius 3 is 2.53 bits per heavy atom. The number of ether oxygens (including phenoxy) is 1. The van der Waals surface area contributed by atoms with E-state index in [1.54, 1.807) is 20.8 Å². The van der Waals surface area contributed by atoms with Gasteiger partial charge in [-0.25, -0.2) is 8.78 Å². The number of rotatable bonds is 4. The highest BCUT2D eigenvalue weighted by Gasteiger charge is 2.37. The third-order valence-corrected chi connectivity index (χ3v) is 2.98. The first-order chi connectivity index (χ1) is 7.97. The summed E-state index contributed by atoms with van der Waals surface area (Å²) in [6, 6.07) is 3.83. The molecule has 0 radical (unpaired) electrons. The molecule has 0 aliphatic carbocycles. The Morgan fingerprint density at radius 2 is 2.00 bits per heavy atom. The average molecular weight is 242 g/mol. The molecule has 0 spiro atoms. The van der Waals surface area contributed by atoms with Crippen LogP contribution in [0.5, 0.6) is 0 Å². The lowest BCUT2D eigenvalue weighted by Crippen LogP contribution is -2.35. The Balaban J connectivity index is 3.25. The molecule has 0 aliphatic rings. The molecule has 94 valence electrons. The fraction of sp³-hybridized carbons (Fsp3) is 0.462. The van der Waals surface area contributed by atoms with Crippen LogP contribution in [-0.2, 0) is 14.9 Å². The molecule has 1 aromatic carbocycles. The Bertz CT molecular complexity index is 418. The number of carbonyl (C=O) groups is 1. The molecule has 1 rings (SSSR count). The van der Waals surface area contributed by atoms with Crippen LogP contribution in [0, 0.1) is 11.6 Å². The number of esters is 1. The van der Waals surface area contributed by atoms with Crippen molar-refractivity contribution in [1.82, 2.24) is 0 Å². The van der Waals surface area contributed by atoms with Crippen molar-refractivity contribution in [3.63, 3.8) is 0 Å². The van der Waals surface area contributed by atoms with E-state index >= 15 is 0 Å². The Labute approximate surface area is 99.6 Å². The summed E-state index contributed by atoms with van der Waals surface area (Å²) in [7, 11) is 0. The van der Waals surface area contributed by atoms with E-state index in [2.05, 4.69) is 0 Å². The molecule has 0 N–H and O–H groups in total. The summed E-state index contributed by atoms with van der Waals surface area (Å²) in [6.45, 7) is 5.19. The van der Waals surface area contributed by atoms with Crippen LogP contribution in [0.25, 0.3) is 0 Å². The van der Waals surface area contributed by atoms with Crippen molar-refractivity contribution < 1.29 is 18.3 Å². The van der Waals surface area contributed by atoms with Gasteiger partial charge in [-0.1, -0.05) is 19.1 Å². The van der Waals surface area contributed by atoms with Gasteiger partial charge in [0.25, 0.3) is 0 Å². The van der Waals surface area contributed by atoms with Gasteiger partial charge in [-0.3, -0.25) is 4.79 Å². The minimum Gasteiger partial charge on any atom is -0.465 e. The average Bonchev–Trinajstić information content (AvgIpc) is 2.32. The monoisotopic (exact) mass is 242 g/mol. The Hall–Kier alpha value is -1.45.